The van der Waals surface area contributed by atoms with Crippen LogP contribution in [0.1, 0.15) is 18.4 Å². The molecule has 108 valence electrons. The molecule has 2 rings (SSSR count). The summed E-state index contributed by atoms with van der Waals surface area (Å²) in [6.07, 6.45) is 1.83. The maximum atomic E-state index is 12.5. The lowest BCUT2D eigenvalue weighted by atomic mass is 9.98. The second kappa shape index (κ2) is 6.10. The van der Waals surface area contributed by atoms with Crippen molar-refractivity contribution < 1.29 is 8.42 Å². The Hall–Kier alpha value is -0.140. The molecular formula is C12H19ClN2O2S2. The van der Waals surface area contributed by atoms with Crippen molar-refractivity contribution in [1.29, 1.82) is 0 Å². The lowest BCUT2D eigenvalue weighted by molar-refractivity contribution is 0.271. The number of thiophene rings is 1. The Morgan fingerprint density at radius 3 is 2.58 bits per heavy atom. The second-order valence-corrected chi connectivity index (χ2v) is 8.75. The van der Waals surface area contributed by atoms with Crippen molar-refractivity contribution in [2.24, 2.45) is 5.92 Å². The number of nitrogens with zero attached hydrogens (tertiary/aromatic N) is 1. The van der Waals surface area contributed by atoms with E-state index in [0.717, 1.165) is 36.3 Å². The van der Waals surface area contributed by atoms with E-state index < -0.39 is 10.0 Å². The molecule has 0 saturated carbocycles. The van der Waals surface area contributed by atoms with Gasteiger partial charge in [-0.3, -0.25) is 0 Å². The summed E-state index contributed by atoms with van der Waals surface area (Å²) in [6, 6.07) is 1.67. The van der Waals surface area contributed by atoms with Crippen LogP contribution >= 0.6 is 22.9 Å². The average molecular weight is 323 g/mol. The molecule has 1 fully saturated rings. The highest BCUT2D eigenvalue weighted by Crippen LogP contribution is 2.33. The number of piperidine rings is 1. The summed E-state index contributed by atoms with van der Waals surface area (Å²) in [4.78, 5) is 0. The molecule has 4 nitrogen and oxygen atoms in total. The van der Waals surface area contributed by atoms with Gasteiger partial charge in [0.1, 0.15) is 4.21 Å². The van der Waals surface area contributed by atoms with Crippen molar-refractivity contribution in [2.75, 3.05) is 26.7 Å². The molecule has 0 aliphatic carbocycles. The van der Waals surface area contributed by atoms with Crippen molar-refractivity contribution >= 4 is 33.0 Å². The molecule has 7 heteroatoms. The number of hydrogen-bond donors (Lipinski definition) is 1. The minimum Gasteiger partial charge on any atom is -0.319 e. The highest BCUT2D eigenvalue weighted by molar-refractivity contribution is 7.91. The highest BCUT2D eigenvalue weighted by Gasteiger charge is 2.30. The summed E-state index contributed by atoms with van der Waals surface area (Å²) >= 11 is 7.12. The van der Waals surface area contributed by atoms with Crippen LogP contribution in [0.3, 0.4) is 0 Å². The van der Waals surface area contributed by atoms with Crippen molar-refractivity contribution in [1.82, 2.24) is 9.62 Å². The molecule has 1 aliphatic rings. The van der Waals surface area contributed by atoms with Gasteiger partial charge in [-0.2, -0.15) is 4.31 Å². The van der Waals surface area contributed by atoms with Gasteiger partial charge in [0.05, 0.1) is 4.34 Å². The third-order valence-corrected chi connectivity index (χ3v) is 7.40. The zero-order valence-corrected chi connectivity index (χ0v) is 13.5. The standard InChI is InChI=1S/C12H19ClN2O2S2/c1-9-7-11(18-12(9)13)19(16,17)15-5-3-10(4-6-15)8-14-2/h7,10,14H,3-6,8H2,1-2H3. The minimum absolute atomic E-state index is 0.363. The van der Waals surface area contributed by atoms with Gasteiger partial charge in [0.25, 0.3) is 10.0 Å². The van der Waals surface area contributed by atoms with Gasteiger partial charge in [-0.05, 0) is 50.9 Å². The molecule has 1 aromatic rings. The van der Waals surface area contributed by atoms with Crippen LogP contribution in [0.2, 0.25) is 4.34 Å². The fourth-order valence-corrected chi connectivity index (χ4v) is 5.66. The van der Waals surface area contributed by atoms with Crippen LogP contribution in [0.5, 0.6) is 0 Å². The first-order chi connectivity index (χ1) is 8.95. The van der Waals surface area contributed by atoms with Gasteiger partial charge in [0.2, 0.25) is 0 Å². The average Bonchev–Trinajstić information content (AvgIpc) is 2.71. The molecule has 1 aromatic heterocycles. The summed E-state index contributed by atoms with van der Waals surface area (Å²) in [5.41, 5.74) is 0.829. The van der Waals surface area contributed by atoms with E-state index in [-0.39, 0.29) is 0 Å². The van der Waals surface area contributed by atoms with Gasteiger partial charge < -0.3 is 5.32 Å². The molecule has 0 radical (unpaired) electrons. The van der Waals surface area contributed by atoms with E-state index in [2.05, 4.69) is 5.32 Å². The Balaban J connectivity index is 2.09. The minimum atomic E-state index is -3.36. The number of halogens is 1. The zero-order valence-electron chi connectivity index (χ0n) is 11.1. The predicted molar refractivity (Wildman–Crippen MR) is 79.5 cm³/mol. The Morgan fingerprint density at radius 1 is 1.47 bits per heavy atom. The number of aryl methyl sites for hydroxylation is 1. The first kappa shape index (κ1) is 15.3. The van der Waals surface area contributed by atoms with Crippen LogP contribution in [0.15, 0.2) is 10.3 Å². The number of hydrogen-bond acceptors (Lipinski definition) is 4. The fourth-order valence-electron chi connectivity index (χ4n) is 2.33. The molecule has 0 atom stereocenters. The monoisotopic (exact) mass is 322 g/mol. The van der Waals surface area contributed by atoms with Crippen molar-refractivity contribution in [2.45, 2.75) is 24.0 Å². The van der Waals surface area contributed by atoms with Gasteiger partial charge in [0, 0.05) is 13.1 Å². The lowest BCUT2D eigenvalue weighted by Crippen LogP contribution is -2.40. The van der Waals surface area contributed by atoms with Crippen molar-refractivity contribution in [3.05, 3.63) is 16.0 Å². The number of rotatable bonds is 4. The Labute approximate surface area is 123 Å². The summed E-state index contributed by atoms with van der Waals surface area (Å²) < 4.78 is 27.5. The fraction of sp³-hybridized carbons (Fsp3) is 0.667. The van der Waals surface area contributed by atoms with Crippen LogP contribution in [-0.4, -0.2) is 39.4 Å². The molecule has 1 N–H and O–H groups in total. The van der Waals surface area contributed by atoms with E-state index in [0.29, 0.717) is 27.6 Å². The van der Waals surface area contributed by atoms with Gasteiger partial charge in [-0.25, -0.2) is 8.42 Å². The highest BCUT2D eigenvalue weighted by atomic mass is 35.5. The quantitative estimate of drug-likeness (QED) is 0.925. The summed E-state index contributed by atoms with van der Waals surface area (Å²) in [5.74, 6) is 0.574. The van der Waals surface area contributed by atoms with Gasteiger partial charge in [-0.1, -0.05) is 11.6 Å². The van der Waals surface area contributed by atoms with Crippen LogP contribution in [0, 0.1) is 12.8 Å². The smallest absolute Gasteiger partial charge is 0.252 e. The molecule has 2 heterocycles. The lowest BCUT2D eigenvalue weighted by Gasteiger charge is -2.30. The van der Waals surface area contributed by atoms with Gasteiger partial charge >= 0.3 is 0 Å². The molecule has 1 aliphatic heterocycles. The van der Waals surface area contributed by atoms with Crippen LogP contribution < -0.4 is 5.32 Å². The third kappa shape index (κ3) is 3.31. The second-order valence-electron chi connectivity index (χ2n) is 4.93. The molecule has 0 aromatic carbocycles. The van der Waals surface area contributed by atoms with Crippen LogP contribution in [0.4, 0.5) is 0 Å². The third-order valence-electron chi connectivity index (χ3n) is 3.50. The van der Waals surface area contributed by atoms with Gasteiger partial charge in [-0.15, -0.1) is 11.3 Å². The molecule has 0 amide bonds. The van der Waals surface area contributed by atoms with E-state index in [4.69, 9.17) is 11.6 Å². The van der Waals surface area contributed by atoms with E-state index >= 15 is 0 Å². The first-order valence-electron chi connectivity index (χ1n) is 6.36. The number of nitrogens with one attached hydrogen (secondary N) is 1. The topological polar surface area (TPSA) is 49.4 Å². The maximum absolute atomic E-state index is 12.5. The molecule has 19 heavy (non-hydrogen) atoms. The summed E-state index contributed by atoms with van der Waals surface area (Å²) in [5, 5.41) is 3.15. The zero-order chi connectivity index (χ0) is 14.0. The van der Waals surface area contributed by atoms with E-state index in [1.807, 2.05) is 14.0 Å². The molecular weight excluding hydrogens is 304 g/mol. The van der Waals surface area contributed by atoms with Crippen molar-refractivity contribution in [3.63, 3.8) is 0 Å². The van der Waals surface area contributed by atoms with Crippen LogP contribution in [-0.2, 0) is 10.0 Å². The van der Waals surface area contributed by atoms with Crippen molar-refractivity contribution in [3.8, 4) is 0 Å². The SMILES string of the molecule is CNCC1CCN(S(=O)(=O)c2cc(C)c(Cl)s2)CC1. The number of sulfonamides is 1. The Kier molecular flexibility index (Phi) is 4.89. The summed E-state index contributed by atoms with van der Waals surface area (Å²) in [6.45, 7) is 3.99. The van der Waals surface area contributed by atoms with E-state index in [1.54, 1.807) is 10.4 Å². The molecule has 1 saturated heterocycles. The van der Waals surface area contributed by atoms with E-state index in [9.17, 15) is 8.42 Å². The van der Waals surface area contributed by atoms with Crippen LogP contribution in [0.25, 0.3) is 0 Å². The largest absolute Gasteiger partial charge is 0.319 e. The maximum Gasteiger partial charge on any atom is 0.252 e. The molecule has 0 spiro atoms. The Bertz CT molecular complexity index is 514. The summed E-state index contributed by atoms with van der Waals surface area (Å²) in [7, 11) is -1.42. The molecule has 0 bridgehead atoms. The predicted octanol–water partition coefficient (Wildman–Crippen LogP) is 2.33. The van der Waals surface area contributed by atoms with Gasteiger partial charge in [0.15, 0.2) is 0 Å². The normalized spacial score (nSPS) is 18.9. The Morgan fingerprint density at radius 2 is 2.11 bits per heavy atom. The first-order valence-corrected chi connectivity index (χ1v) is 8.99. The molecule has 0 unspecified atom stereocenters. The van der Waals surface area contributed by atoms with E-state index in [1.165, 1.54) is 0 Å².